The molecule has 0 amide bonds. The van der Waals surface area contributed by atoms with E-state index in [1.165, 1.54) is 0 Å². The Morgan fingerprint density at radius 1 is 1.56 bits per heavy atom. The first-order valence-electron chi connectivity index (χ1n) is 6.17. The van der Waals surface area contributed by atoms with Crippen molar-refractivity contribution in [1.82, 2.24) is 0 Å². The molecule has 1 aliphatic heterocycles. The molecule has 18 heavy (non-hydrogen) atoms. The fourth-order valence-corrected chi connectivity index (χ4v) is 2.12. The van der Waals surface area contributed by atoms with E-state index in [1.54, 1.807) is 7.11 Å². The first-order chi connectivity index (χ1) is 8.42. The fraction of sp³-hybridized carbons (Fsp3) is 0.571. The predicted octanol–water partition coefficient (Wildman–Crippen LogP) is 2.04. The third-order valence-electron chi connectivity index (χ3n) is 3.14. The van der Waals surface area contributed by atoms with Crippen molar-refractivity contribution in [3.8, 4) is 5.75 Å². The van der Waals surface area contributed by atoms with Gasteiger partial charge in [0.05, 0.1) is 24.9 Å². The van der Waals surface area contributed by atoms with E-state index in [1.807, 2.05) is 38.1 Å². The first-order valence-corrected chi connectivity index (χ1v) is 6.17. The zero-order valence-corrected chi connectivity index (χ0v) is 11.2. The lowest BCUT2D eigenvalue weighted by Gasteiger charge is -2.26. The van der Waals surface area contributed by atoms with Crippen LogP contribution in [0.5, 0.6) is 5.75 Å². The monoisotopic (exact) mass is 251 g/mol. The number of nitrogens with one attached hydrogen (secondary N) is 1. The van der Waals surface area contributed by atoms with E-state index in [4.69, 9.17) is 9.47 Å². The first kappa shape index (κ1) is 13.2. The molecule has 2 atom stereocenters. The smallest absolute Gasteiger partial charge is 0.120 e. The van der Waals surface area contributed by atoms with Gasteiger partial charge in [-0.25, -0.2) is 0 Å². The van der Waals surface area contributed by atoms with Gasteiger partial charge >= 0.3 is 0 Å². The van der Waals surface area contributed by atoms with Crippen LogP contribution in [-0.4, -0.2) is 36.6 Å². The number of epoxide rings is 1. The van der Waals surface area contributed by atoms with Gasteiger partial charge < -0.3 is 19.9 Å². The molecule has 0 aliphatic carbocycles. The van der Waals surface area contributed by atoms with E-state index in [9.17, 15) is 5.11 Å². The summed E-state index contributed by atoms with van der Waals surface area (Å²) in [6.45, 7) is 5.07. The number of aliphatic hydroxyl groups is 1. The standard InChI is InChI=1S/C14H21NO3/c1-13(16,8-14(2)10-18-14)9-15-11-5-4-6-12(7-11)17-3/h4-7,15-16H,8-10H2,1-3H3. The van der Waals surface area contributed by atoms with Gasteiger partial charge in [-0.3, -0.25) is 0 Å². The van der Waals surface area contributed by atoms with E-state index >= 15 is 0 Å². The van der Waals surface area contributed by atoms with Crippen LogP contribution in [0.2, 0.25) is 0 Å². The summed E-state index contributed by atoms with van der Waals surface area (Å²) < 4.78 is 10.5. The van der Waals surface area contributed by atoms with Gasteiger partial charge in [0.2, 0.25) is 0 Å². The summed E-state index contributed by atoms with van der Waals surface area (Å²) in [6.07, 6.45) is 0.636. The molecule has 0 saturated carbocycles. The van der Waals surface area contributed by atoms with Crippen molar-refractivity contribution in [2.45, 2.75) is 31.5 Å². The molecule has 1 fully saturated rings. The lowest BCUT2D eigenvalue weighted by molar-refractivity contribution is 0.0407. The maximum absolute atomic E-state index is 10.3. The quantitative estimate of drug-likeness (QED) is 0.760. The molecule has 1 heterocycles. The molecule has 0 spiro atoms. The molecule has 1 aromatic carbocycles. The molecular weight excluding hydrogens is 230 g/mol. The van der Waals surface area contributed by atoms with Crippen LogP contribution in [0.1, 0.15) is 20.3 Å². The summed E-state index contributed by atoms with van der Waals surface area (Å²) in [7, 11) is 1.64. The molecule has 2 N–H and O–H groups in total. The van der Waals surface area contributed by atoms with E-state index in [-0.39, 0.29) is 5.60 Å². The van der Waals surface area contributed by atoms with Crippen LogP contribution >= 0.6 is 0 Å². The fourth-order valence-electron chi connectivity index (χ4n) is 2.12. The highest BCUT2D eigenvalue weighted by molar-refractivity contribution is 5.48. The third kappa shape index (κ3) is 3.62. The Hall–Kier alpha value is -1.26. The third-order valence-corrected chi connectivity index (χ3v) is 3.14. The molecule has 2 rings (SSSR count). The van der Waals surface area contributed by atoms with Gasteiger partial charge in [0.25, 0.3) is 0 Å². The van der Waals surface area contributed by atoms with Crippen LogP contribution < -0.4 is 10.1 Å². The SMILES string of the molecule is COc1cccc(NCC(C)(O)CC2(C)CO2)c1. The summed E-state index contributed by atoms with van der Waals surface area (Å²) >= 11 is 0. The van der Waals surface area contributed by atoms with Crippen LogP contribution in [0, 0.1) is 0 Å². The number of benzene rings is 1. The second-order valence-electron chi connectivity index (χ2n) is 5.50. The Kier molecular flexibility index (Phi) is 3.50. The molecule has 4 nitrogen and oxygen atoms in total. The summed E-state index contributed by atoms with van der Waals surface area (Å²) in [4.78, 5) is 0. The molecule has 100 valence electrons. The Labute approximate surface area is 108 Å². The van der Waals surface area contributed by atoms with E-state index in [0.717, 1.165) is 18.0 Å². The molecule has 1 aliphatic rings. The van der Waals surface area contributed by atoms with Crippen molar-refractivity contribution in [2.75, 3.05) is 25.6 Å². The number of hydrogen-bond donors (Lipinski definition) is 2. The van der Waals surface area contributed by atoms with Gasteiger partial charge in [-0.05, 0) is 26.0 Å². The Morgan fingerprint density at radius 2 is 2.28 bits per heavy atom. The van der Waals surface area contributed by atoms with E-state index in [2.05, 4.69) is 5.32 Å². The van der Waals surface area contributed by atoms with E-state index in [0.29, 0.717) is 13.0 Å². The van der Waals surface area contributed by atoms with Crippen molar-refractivity contribution >= 4 is 5.69 Å². The topological polar surface area (TPSA) is 54.0 Å². The number of ether oxygens (including phenoxy) is 2. The Balaban J connectivity index is 1.89. The van der Waals surface area contributed by atoms with Crippen molar-refractivity contribution in [1.29, 1.82) is 0 Å². The number of methoxy groups -OCH3 is 1. The average Bonchev–Trinajstić information content (AvgIpc) is 3.03. The van der Waals surface area contributed by atoms with Gasteiger partial charge in [-0.1, -0.05) is 6.07 Å². The van der Waals surface area contributed by atoms with Crippen LogP contribution in [0.4, 0.5) is 5.69 Å². The number of rotatable bonds is 6. The highest BCUT2D eigenvalue weighted by Crippen LogP contribution is 2.35. The number of anilines is 1. The minimum absolute atomic E-state index is 0.139. The summed E-state index contributed by atoms with van der Waals surface area (Å²) in [6, 6.07) is 7.67. The van der Waals surface area contributed by atoms with Gasteiger partial charge in [-0.2, -0.15) is 0 Å². The molecular formula is C14H21NO3. The van der Waals surface area contributed by atoms with E-state index < -0.39 is 5.60 Å². The highest BCUT2D eigenvalue weighted by atomic mass is 16.6. The van der Waals surface area contributed by atoms with Crippen LogP contribution in [0.15, 0.2) is 24.3 Å². The molecule has 0 radical (unpaired) electrons. The predicted molar refractivity (Wildman–Crippen MR) is 71.1 cm³/mol. The Bertz CT molecular complexity index is 413. The summed E-state index contributed by atoms with van der Waals surface area (Å²) in [5.74, 6) is 0.803. The second kappa shape index (κ2) is 4.78. The van der Waals surface area contributed by atoms with Crippen LogP contribution in [0.3, 0.4) is 0 Å². The van der Waals surface area contributed by atoms with Crippen LogP contribution in [0.25, 0.3) is 0 Å². The minimum atomic E-state index is -0.783. The lowest BCUT2D eigenvalue weighted by Crippen LogP contribution is -2.37. The van der Waals surface area contributed by atoms with Crippen molar-refractivity contribution in [2.24, 2.45) is 0 Å². The molecule has 1 aromatic rings. The van der Waals surface area contributed by atoms with Gasteiger partial charge in [0, 0.05) is 24.7 Å². The normalized spacial score (nSPS) is 25.3. The largest absolute Gasteiger partial charge is 0.497 e. The molecule has 0 aromatic heterocycles. The molecule has 0 bridgehead atoms. The lowest BCUT2D eigenvalue weighted by atomic mass is 9.93. The van der Waals surface area contributed by atoms with Gasteiger partial charge in [-0.15, -0.1) is 0 Å². The second-order valence-corrected chi connectivity index (χ2v) is 5.50. The maximum atomic E-state index is 10.3. The van der Waals surface area contributed by atoms with Crippen LogP contribution in [-0.2, 0) is 4.74 Å². The molecule has 2 unspecified atom stereocenters. The average molecular weight is 251 g/mol. The van der Waals surface area contributed by atoms with Gasteiger partial charge in [0.15, 0.2) is 0 Å². The minimum Gasteiger partial charge on any atom is -0.497 e. The van der Waals surface area contributed by atoms with Gasteiger partial charge in [0.1, 0.15) is 5.75 Å². The Morgan fingerprint density at radius 3 is 2.89 bits per heavy atom. The highest BCUT2D eigenvalue weighted by Gasteiger charge is 2.44. The van der Waals surface area contributed by atoms with Crippen molar-refractivity contribution in [3.05, 3.63) is 24.3 Å². The zero-order chi connectivity index (χ0) is 13.2. The summed E-state index contributed by atoms with van der Waals surface area (Å²) in [5.41, 5.74) is 0.0185. The summed E-state index contributed by atoms with van der Waals surface area (Å²) in [5, 5.41) is 13.5. The molecule has 1 saturated heterocycles. The maximum Gasteiger partial charge on any atom is 0.120 e. The van der Waals surface area contributed by atoms with Crippen molar-refractivity contribution in [3.63, 3.8) is 0 Å². The van der Waals surface area contributed by atoms with Crippen molar-refractivity contribution < 1.29 is 14.6 Å². The molecule has 4 heteroatoms. The number of hydrogen-bond acceptors (Lipinski definition) is 4. The zero-order valence-electron chi connectivity index (χ0n) is 11.2.